The van der Waals surface area contributed by atoms with Gasteiger partial charge in [0.05, 0.1) is 55.4 Å². The Morgan fingerprint density at radius 2 is 1.40 bits per heavy atom. The second kappa shape index (κ2) is 13.1. The van der Waals surface area contributed by atoms with Gasteiger partial charge < -0.3 is 19.3 Å². The van der Waals surface area contributed by atoms with E-state index in [1.807, 2.05) is 0 Å². The van der Waals surface area contributed by atoms with Gasteiger partial charge in [0.1, 0.15) is 0 Å². The van der Waals surface area contributed by atoms with Gasteiger partial charge in [-0.2, -0.15) is 0 Å². The molecule has 4 aliphatic heterocycles. The predicted molar refractivity (Wildman–Crippen MR) is 170 cm³/mol. The maximum Gasteiger partial charge on any atom is 0.263 e. The van der Waals surface area contributed by atoms with E-state index < -0.39 is 5.56 Å². The average molecular weight is 620 g/mol. The highest BCUT2D eigenvalue weighted by Gasteiger charge is 2.27. The van der Waals surface area contributed by atoms with Crippen LogP contribution in [0.1, 0.15) is 25.7 Å². The van der Waals surface area contributed by atoms with Crippen LogP contribution in [0, 0.1) is 0 Å². The topological polar surface area (TPSA) is 128 Å². The molecule has 7 rings (SSSR count). The summed E-state index contributed by atoms with van der Waals surface area (Å²) in [6, 6.07) is 5.05. The standard InChI is InChI=1S/C33H41N5O7/c39-30-23-5-6-24-28-27(23)25(32(41)37(30)9-2-7-35-11-16-43-17-12-35)20-26(34-21-22-4-1-15-45-22)29(28)33(42)38(31(24)40)10-3-8-36-13-18-44-19-14-36/h5-6,20,22,40H,1-4,7-19,21H2. The van der Waals surface area contributed by atoms with Gasteiger partial charge in [0.2, 0.25) is 5.88 Å². The Labute approximate surface area is 260 Å². The minimum Gasteiger partial charge on any atom is -0.494 e. The van der Waals surface area contributed by atoms with Crippen molar-refractivity contribution in [1.29, 1.82) is 0 Å². The van der Waals surface area contributed by atoms with Crippen LogP contribution in [0.15, 0.2) is 37.6 Å². The Bertz CT molecular complexity index is 1850. The summed E-state index contributed by atoms with van der Waals surface area (Å²) in [6.45, 7) is 9.33. The van der Waals surface area contributed by atoms with E-state index in [0.29, 0.717) is 97.0 Å². The lowest BCUT2D eigenvalue weighted by Gasteiger charge is -2.26. The largest absolute Gasteiger partial charge is 0.494 e. The number of aromatic hydroxyl groups is 1. The summed E-state index contributed by atoms with van der Waals surface area (Å²) in [4.78, 5) is 51.4. The number of ether oxygens (including phenoxy) is 3. The van der Waals surface area contributed by atoms with Crippen LogP contribution < -0.4 is 22.0 Å². The fraction of sp³-hybridized carbons (Fsp3) is 0.576. The van der Waals surface area contributed by atoms with E-state index in [4.69, 9.17) is 19.2 Å². The first kappa shape index (κ1) is 30.2. The first-order valence-corrected chi connectivity index (χ1v) is 16.3. The first-order valence-electron chi connectivity index (χ1n) is 16.3. The normalized spacial score (nSPS) is 20.8. The summed E-state index contributed by atoms with van der Waals surface area (Å²) in [5.74, 6) is -0.156. The monoisotopic (exact) mass is 619 g/mol. The van der Waals surface area contributed by atoms with Gasteiger partial charge in [0, 0.05) is 80.7 Å². The highest BCUT2D eigenvalue weighted by atomic mass is 16.5. The third kappa shape index (κ3) is 5.85. The molecule has 0 radical (unpaired) electrons. The zero-order valence-electron chi connectivity index (χ0n) is 25.7. The SMILES string of the molecule is O=c1c2c(=NCC3CCCO3)cc3c(=O)n(CCCN4CCOCC4)c(=O)c4ccc(c(O)n1CCCN1CCOCC1)c2c4-3. The molecule has 45 heavy (non-hydrogen) atoms. The van der Waals surface area contributed by atoms with E-state index in [1.54, 1.807) is 18.2 Å². The molecule has 1 N–H and O–H groups in total. The number of hydrogen-bond donors (Lipinski definition) is 1. The van der Waals surface area contributed by atoms with Crippen LogP contribution in [0.3, 0.4) is 0 Å². The van der Waals surface area contributed by atoms with E-state index in [0.717, 1.165) is 52.1 Å². The molecule has 3 fully saturated rings. The molecule has 1 aliphatic carbocycles. The van der Waals surface area contributed by atoms with Gasteiger partial charge in [0.15, 0.2) is 0 Å². The van der Waals surface area contributed by atoms with Crippen LogP contribution in [0.4, 0.5) is 0 Å². The van der Waals surface area contributed by atoms with Crippen molar-refractivity contribution in [2.75, 3.05) is 78.8 Å². The number of rotatable bonds is 10. The second-order valence-electron chi connectivity index (χ2n) is 12.4. The number of pyridine rings is 2. The third-order valence-corrected chi connectivity index (χ3v) is 9.58. The first-order chi connectivity index (χ1) is 22.0. The van der Waals surface area contributed by atoms with E-state index >= 15 is 0 Å². The van der Waals surface area contributed by atoms with E-state index in [9.17, 15) is 19.5 Å². The Kier molecular flexibility index (Phi) is 8.83. The zero-order valence-corrected chi connectivity index (χ0v) is 25.7. The molecule has 2 aromatic rings. The van der Waals surface area contributed by atoms with Crippen LogP contribution in [0.5, 0.6) is 5.88 Å². The maximum absolute atomic E-state index is 14.2. The zero-order chi connectivity index (χ0) is 30.9. The van der Waals surface area contributed by atoms with Crippen molar-refractivity contribution in [3.05, 3.63) is 54.6 Å². The van der Waals surface area contributed by atoms with Crippen LogP contribution in [0.25, 0.3) is 32.7 Å². The van der Waals surface area contributed by atoms with Crippen molar-refractivity contribution in [3.63, 3.8) is 0 Å². The molecule has 3 saturated heterocycles. The van der Waals surface area contributed by atoms with Crippen LogP contribution in [0.2, 0.25) is 0 Å². The number of benzene rings is 2. The van der Waals surface area contributed by atoms with Gasteiger partial charge in [-0.15, -0.1) is 0 Å². The fourth-order valence-corrected chi connectivity index (χ4v) is 7.14. The lowest BCUT2D eigenvalue weighted by atomic mass is 9.90. The van der Waals surface area contributed by atoms with Crippen molar-refractivity contribution < 1.29 is 19.3 Å². The predicted octanol–water partition coefficient (Wildman–Crippen LogP) is 0.887. The number of hydrogen-bond acceptors (Lipinski definition) is 10. The average Bonchev–Trinajstić information content (AvgIpc) is 3.59. The Morgan fingerprint density at radius 1 is 0.756 bits per heavy atom. The fourth-order valence-electron chi connectivity index (χ4n) is 7.14. The molecule has 240 valence electrons. The van der Waals surface area contributed by atoms with Crippen LogP contribution >= 0.6 is 0 Å². The molecule has 0 spiro atoms. The van der Waals surface area contributed by atoms with Crippen LogP contribution in [-0.4, -0.2) is 109 Å². The summed E-state index contributed by atoms with van der Waals surface area (Å²) in [5, 5.41) is 13.4. The molecule has 1 unspecified atom stereocenters. The highest BCUT2D eigenvalue weighted by molar-refractivity contribution is 6.15. The van der Waals surface area contributed by atoms with Crippen molar-refractivity contribution in [2.45, 2.75) is 44.9 Å². The third-order valence-electron chi connectivity index (χ3n) is 9.58. The van der Waals surface area contributed by atoms with Crippen molar-refractivity contribution in [3.8, 4) is 17.0 Å². The van der Waals surface area contributed by atoms with Gasteiger partial charge in [-0.1, -0.05) is 0 Å². The van der Waals surface area contributed by atoms with E-state index in [1.165, 1.54) is 9.13 Å². The number of aromatic nitrogens is 2. The van der Waals surface area contributed by atoms with E-state index in [2.05, 4.69) is 9.80 Å². The van der Waals surface area contributed by atoms with Gasteiger partial charge >= 0.3 is 0 Å². The van der Waals surface area contributed by atoms with Crippen molar-refractivity contribution in [1.82, 2.24) is 18.9 Å². The van der Waals surface area contributed by atoms with Gasteiger partial charge in [-0.05, 0) is 43.9 Å². The lowest BCUT2D eigenvalue weighted by Crippen LogP contribution is -2.39. The van der Waals surface area contributed by atoms with Gasteiger partial charge in [0.25, 0.3) is 16.7 Å². The number of morpholine rings is 2. The quantitative estimate of drug-likeness (QED) is 0.258. The van der Waals surface area contributed by atoms with Crippen LogP contribution in [-0.2, 0) is 27.3 Å². The molecule has 0 saturated carbocycles. The molecular formula is C33H41N5O7. The molecule has 0 bridgehead atoms. The summed E-state index contributed by atoms with van der Waals surface area (Å²) >= 11 is 0. The van der Waals surface area contributed by atoms with E-state index in [-0.39, 0.29) is 29.6 Å². The molecule has 1 atom stereocenters. The molecule has 12 nitrogen and oxygen atoms in total. The minimum atomic E-state index is -0.397. The molecule has 1 aromatic heterocycles. The second-order valence-corrected chi connectivity index (χ2v) is 12.4. The Hall–Kier alpha value is -3.42. The highest BCUT2D eigenvalue weighted by Crippen LogP contribution is 2.36. The van der Waals surface area contributed by atoms with Crippen molar-refractivity contribution >= 4 is 21.5 Å². The molecule has 1 aromatic carbocycles. The molecule has 12 heteroatoms. The van der Waals surface area contributed by atoms with Gasteiger partial charge in [-0.3, -0.25) is 38.3 Å². The minimum absolute atomic E-state index is 0.0488. The van der Waals surface area contributed by atoms with Gasteiger partial charge in [-0.25, -0.2) is 0 Å². The summed E-state index contributed by atoms with van der Waals surface area (Å²) in [6.07, 6.45) is 3.11. The lowest BCUT2D eigenvalue weighted by molar-refractivity contribution is 0.0368. The summed E-state index contributed by atoms with van der Waals surface area (Å²) in [7, 11) is 0. The molecule has 5 aliphatic rings. The molecular weight excluding hydrogens is 578 g/mol. The molecule has 5 heterocycles. The smallest absolute Gasteiger partial charge is 0.263 e. The van der Waals surface area contributed by atoms with Crippen molar-refractivity contribution in [2.24, 2.45) is 4.99 Å². The summed E-state index contributed by atoms with van der Waals surface area (Å²) < 4.78 is 19.4. The Morgan fingerprint density at radius 3 is 2.04 bits per heavy atom. The Balaban J connectivity index is 1.33. The number of nitrogens with zero attached hydrogens (tertiary/aromatic N) is 5. The summed E-state index contributed by atoms with van der Waals surface area (Å²) in [5.41, 5.74) is -0.387. The molecule has 0 amide bonds. The maximum atomic E-state index is 14.2.